The third kappa shape index (κ3) is 4.14. The molecule has 1 aromatic heterocycles. The first-order valence-electron chi connectivity index (χ1n) is 9.07. The molecule has 1 amide bonds. The summed E-state index contributed by atoms with van der Waals surface area (Å²) >= 11 is 0. The van der Waals surface area contributed by atoms with Crippen LogP contribution in [-0.2, 0) is 0 Å². The zero-order valence-electron chi connectivity index (χ0n) is 16.2. The van der Waals surface area contributed by atoms with Gasteiger partial charge in [-0.1, -0.05) is 18.2 Å². The Balaban J connectivity index is 1.61. The maximum atomic E-state index is 12.6. The molecule has 0 spiro atoms. The lowest BCUT2D eigenvalue weighted by atomic mass is 10.1. The van der Waals surface area contributed by atoms with Gasteiger partial charge < -0.3 is 19.6 Å². The Morgan fingerprint density at radius 1 is 1.00 bits per heavy atom. The van der Waals surface area contributed by atoms with E-state index in [0.717, 1.165) is 16.9 Å². The highest BCUT2D eigenvalue weighted by Gasteiger charge is 2.13. The number of hydrogen-bond acceptors (Lipinski definition) is 4. The smallest absolute Gasteiger partial charge is 0.314 e. The first-order valence-corrected chi connectivity index (χ1v) is 9.07. The molecule has 0 saturated carbocycles. The van der Waals surface area contributed by atoms with Gasteiger partial charge in [0.25, 0.3) is 5.91 Å². The van der Waals surface area contributed by atoms with Crippen LogP contribution in [0.2, 0.25) is 0 Å². The summed E-state index contributed by atoms with van der Waals surface area (Å²) < 4.78 is 5.87. The SMILES string of the molecule is Cc1cccc(C)c1OCCCN(C)C(=O)c1ccc2[nH]c(=O)c(=O)[nH]c2c1. The Labute approximate surface area is 162 Å². The van der Waals surface area contributed by atoms with Gasteiger partial charge >= 0.3 is 11.1 Å². The third-order valence-corrected chi connectivity index (χ3v) is 4.61. The molecule has 0 radical (unpaired) electrons. The largest absolute Gasteiger partial charge is 0.493 e. The number of para-hydroxylation sites is 1. The number of rotatable bonds is 6. The number of carbonyl (C=O) groups is 1. The highest BCUT2D eigenvalue weighted by molar-refractivity contribution is 5.97. The quantitative estimate of drug-likeness (QED) is 0.506. The van der Waals surface area contributed by atoms with Crippen LogP contribution in [0.25, 0.3) is 11.0 Å². The van der Waals surface area contributed by atoms with Crippen molar-refractivity contribution in [3.63, 3.8) is 0 Å². The lowest BCUT2D eigenvalue weighted by Crippen LogP contribution is -2.30. The second-order valence-corrected chi connectivity index (χ2v) is 6.82. The normalized spacial score (nSPS) is 10.8. The fraction of sp³-hybridized carbons (Fsp3) is 0.286. The van der Waals surface area contributed by atoms with Crippen LogP contribution >= 0.6 is 0 Å². The summed E-state index contributed by atoms with van der Waals surface area (Å²) in [6, 6.07) is 10.8. The van der Waals surface area contributed by atoms with Gasteiger partial charge in [0.15, 0.2) is 0 Å². The zero-order chi connectivity index (χ0) is 20.3. The van der Waals surface area contributed by atoms with Gasteiger partial charge in [-0.05, 0) is 49.6 Å². The number of aromatic amines is 2. The fourth-order valence-corrected chi connectivity index (χ4v) is 3.07. The van der Waals surface area contributed by atoms with Gasteiger partial charge in [-0.3, -0.25) is 14.4 Å². The molecule has 0 atom stereocenters. The highest BCUT2D eigenvalue weighted by Crippen LogP contribution is 2.22. The summed E-state index contributed by atoms with van der Waals surface area (Å²) in [4.78, 5) is 42.0. The van der Waals surface area contributed by atoms with E-state index in [2.05, 4.69) is 9.97 Å². The van der Waals surface area contributed by atoms with E-state index < -0.39 is 11.1 Å². The minimum Gasteiger partial charge on any atom is -0.493 e. The standard InChI is InChI=1S/C21H23N3O4/c1-13-6-4-7-14(2)18(13)28-11-5-10-24(3)21(27)15-8-9-16-17(12-15)23-20(26)19(25)22-16/h4,6-9,12H,5,10-11H2,1-3H3,(H,22,25)(H,23,26). The van der Waals surface area contributed by atoms with Gasteiger partial charge in [-0.15, -0.1) is 0 Å². The number of ether oxygens (including phenoxy) is 1. The molecule has 28 heavy (non-hydrogen) atoms. The molecule has 2 aromatic carbocycles. The molecule has 146 valence electrons. The van der Waals surface area contributed by atoms with Crippen LogP contribution in [0.5, 0.6) is 5.75 Å². The Morgan fingerprint density at radius 2 is 1.64 bits per heavy atom. The van der Waals surface area contributed by atoms with Crippen molar-refractivity contribution < 1.29 is 9.53 Å². The molecule has 3 aromatic rings. The predicted molar refractivity (Wildman–Crippen MR) is 108 cm³/mol. The van der Waals surface area contributed by atoms with Crippen LogP contribution in [0, 0.1) is 13.8 Å². The van der Waals surface area contributed by atoms with Gasteiger partial charge in [0.05, 0.1) is 17.6 Å². The topological polar surface area (TPSA) is 95.3 Å². The molecule has 0 saturated heterocycles. The summed E-state index contributed by atoms with van der Waals surface area (Å²) in [6.07, 6.45) is 0.688. The molecule has 0 aliphatic heterocycles. The van der Waals surface area contributed by atoms with Crippen LogP contribution in [0.1, 0.15) is 27.9 Å². The number of aryl methyl sites for hydroxylation is 2. The van der Waals surface area contributed by atoms with Crippen molar-refractivity contribution in [1.29, 1.82) is 0 Å². The number of fused-ring (bicyclic) bond motifs is 1. The molecule has 0 fully saturated rings. The minimum atomic E-state index is -0.742. The van der Waals surface area contributed by atoms with Gasteiger partial charge in [0, 0.05) is 19.2 Å². The zero-order valence-corrected chi connectivity index (χ0v) is 16.2. The summed E-state index contributed by atoms with van der Waals surface area (Å²) in [5.41, 5.74) is 2.06. The maximum absolute atomic E-state index is 12.6. The number of aromatic nitrogens is 2. The van der Waals surface area contributed by atoms with Gasteiger partial charge in [0.2, 0.25) is 0 Å². The molecule has 1 heterocycles. The monoisotopic (exact) mass is 381 g/mol. The molecule has 0 aliphatic carbocycles. The Bertz CT molecular complexity index is 1110. The van der Waals surface area contributed by atoms with Crippen molar-refractivity contribution in [2.45, 2.75) is 20.3 Å². The Hall–Kier alpha value is -3.35. The average Bonchev–Trinajstić information content (AvgIpc) is 2.67. The first kappa shape index (κ1) is 19.4. The number of benzene rings is 2. The van der Waals surface area contributed by atoms with Crippen molar-refractivity contribution in [2.24, 2.45) is 0 Å². The van der Waals surface area contributed by atoms with Crippen LogP contribution < -0.4 is 15.9 Å². The summed E-state index contributed by atoms with van der Waals surface area (Å²) in [7, 11) is 1.72. The van der Waals surface area contributed by atoms with E-state index >= 15 is 0 Å². The van der Waals surface area contributed by atoms with E-state index in [1.54, 1.807) is 30.1 Å². The van der Waals surface area contributed by atoms with E-state index in [-0.39, 0.29) is 5.91 Å². The van der Waals surface area contributed by atoms with Crippen molar-refractivity contribution in [2.75, 3.05) is 20.2 Å². The number of nitrogens with zero attached hydrogens (tertiary/aromatic N) is 1. The van der Waals surface area contributed by atoms with E-state index in [1.807, 2.05) is 32.0 Å². The van der Waals surface area contributed by atoms with E-state index in [0.29, 0.717) is 36.2 Å². The molecule has 7 heteroatoms. The Kier molecular flexibility index (Phi) is 5.63. The lowest BCUT2D eigenvalue weighted by Gasteiger charge is -2.18. The predicted octanol–water partition coefficient (Wildman–Crippen LogP) is 2.37. The lowest BCUT2D eigenvalue weighted by molar-refractivity contribution is 0.0788. The van der Waals surface area contributed by atoms with E-state index in [1.165, 1.54) is 0 Å². The minimum absolute atomic E-state index is 0.166. The van der Waals surface area contributed by atoms with Gasteiger partial charge in [-0.25, -0.2) is 0 Å². The molecule has 0 unspecified atom stereocenters. The number of hydrogen-bond donors (Lipinski definition) is 2. The highest BCUT2D eigenvalue weighted by atomic mass is 16.5. The number of H-pyrrole nitrogens is 2. The second kappa shape index (κ2) is 8.12. The molecule has 0 aliphatic rings. The number of nitrogens with one attached hydrogen (secondary N) is 2. The molecule has 0 bridgehead atoms. The Morgan fingerprint density at radius 3 is 2.32 bits per heavy atom. The van der Waals surface area contributed by atoms with Crippen molar-refractivity contribution in [3.8, 4) is 5.75 Å². The average molecular weight is 381 g/mol. The van der Waals surface area contributed by atoms with Crippen LogP contribution in [0.3, 0.4) is 0 Å². The van der Waals surface area contributed by atoms with Gasteiger partial charge in [-0.2, -0.15) is 0 Å². The second-order valence-electron chi connectivity index (χ2n) is 6.82. The van der Waals surface area contributed by atoms with E-state index in [4.69, 9.17) is 4.74 Å². The van der Waals surface area contributed by atoms with Crippen molar-refractivity contribution in [3.05, 3.63) is 73.8 Å². The first-order chi connectivity index (χ1) is 13.4. The molecule has 2 N–H and O–H groups in total. The number of carbonyl (C=O) groups excluding carboxylic acids is 1. The summed E-state index contributed by atoms with van der Waals surface area (Å²) in [5.74, 6) is 0.727. The molecular weight excluding hydrogens is 358 g/mol. The van der Waals surface area contributed by atoms with Crippen molar-refractivity contribution in [1.82, 2.24) is 14.9 Å². The van der Waals surface area contributed by atoms with Crippen LogP contribution in [0.15, 0.2) is 46.0 Å². The number of amides is 1. The van der Waals surface area contributed by atoms with Crippen LogP contribution in [-0.4, -0.2) is 41.0 Å². The summed E-state index contributed by atoms with van der Waals surface area (Å²) in [6.45, 7) is 5.06. The molecule has 3 rings (SSSR count). The molecular formula is C21H23N3O4. The van der Waals surface area contributed by atoms with Crippen LogP contribution in [0.4, 0.5) is 0 Å². The van der Waals surface area contributed by atoms with Gasteiger partial charge in [0.1, 0.15) is 5.75 Å². The third-order valence-electron chi connectivity index (χ3n) is 4.61. The van der Waals surface area contributed by atoms with Crippen molar-refractivity contribution >= 4 is 16.9 Å². The molecule has 7 nitrogen and oxygen atoms in total. The maximum Gasteiger partial charge on any atom is 0.314 e. The van der Waals surface area contributed by atoms with E-state index in [9.17, 15) is 14.4 Å². The fourth-order valence-electron chi connectivity index (χ4n) is 3.07. The summed E-state index contributed by atoms with van der Waals surface area (Å²) in [5, 5.41) is 0.